The molecular formula is C16H24N4O. The van der Waals surface area contributed by atoms with Crippen LogP contribution in [0.15, 0.2) is 24.4 Å². The summed E-state index contributed by atoms with van der Waals surface area (Å²) < 4.78 is 7.17. The number of methoxy groups -OCH3 is 1. The van der Waals surface area contributed by atoms with Gasteiger partial charge in [-0.3, -0.25) is 4.68 Å². The molecule has 5 nitrogen and oxygen atoms in total. The van der Waals surface area contributed by atoms with Gasteiger partial charge in [0, 0.05) is 31.3 Å². The molecule has 0 spiro atoms. The van der Waals surface area contributed by atoms with Gasteiger partial charge in [0.05, 0.1) is 24.9 Å². The number of rotatable bonds is 5. The van der Waals surface area contributed by atoms with E-state index in [2.05, 4.69) is 28.2 Å². The number of aromatic nitrogens is 2. The second-order valence-electron chi connectivity index (χ2n) is 5.77. The standard InChI is InChI=1S/C16H24N4O/c1-21-9-8-20-16-10-15(3-2-14(16)12-18-20)19-6-4-13(11-17)5-7-19/h2-3,10,12-13H,4-9,11,17H2,1H3. The molecule has 2 aromatic rings. The lowest BCUT2D eigenvalue weighted by molar-refractivity contribution is 0.185. The van der Waals surface area contributed by atoms with Crippen molar-refractivity contribution in [1.29, 1.82) is 0 Å². The number of anilines is 1. The summed E-state index contributed by atoms with van der Waals surface area (Å²) in [7, 11) is 1.72. The molecular weight excluding hydrogens is 264 g/mol. The fraction of sp³-hybridized carbons (Fsp3) is 0.562. The number of fused-ring (bicyclic) bond motifs is 1. The van der Waals surface area contributed by atoms with Crippen LogP contribution in [0.25, 0.3) is 10.9 Å². The first-order chi connectivity index (χ1) is 10.3. The molecule has 1 saturated heterocycles. The molecule has 5 heteroatoms. The number of ether oxygens (including phenoxy) is 1. The molecule has 0 aliphatic carbocycles. The van der Waals surface area contributed by atoms with Crippen LogP contribution in [0, 0.1) is 5.92 Å². The highest BCUT2D eigenvalue weighted by atomic mass is 16.5. The van der Waals surface area contributed by atoms with Gasteiger partial charge < -0.3 is 15.4 Å². The Kier molecular flexibility index (Phi) is 4.41. The summed E-state index contributed by atoms with van der Waals surface area (Å²) in [6.07, 6.45) is 4.31. The van der Waals surface area contributed by atoms with Crippen molar-refractivity contribution in [2.24, 2.45) is 11.7 Å². The Balaban J connectivity index is 1.80. The molecule has 0 amide bonds. The van der Waals surface area contributed by atoms with Crippen molar-refractivity contribution in [3.05, 3.63) is 24.4 Å². The third-order valence-corrected chi connectivity index (χ3v) is 4.45. The largest absolute Gasteiger partial charge is 0.383 e. The highest BCUT2D eigenvalue weighted by molar-refractivity contribution is 5.82. The number of hydrogen-bond acceptors (Lipinski definition) is 4. The first-order valence-electron chi connectivity index (χ1n) is 7.71. The van der Waals surface area contributed by atoms with Gasteiger partial charge >= 0.3 is 0 Å². The average molecular weight is 288 g/mol. The maximum Gasteiger partial charge on any atom is 0.0704 e. The Bertz CT molecular complexity index is 587. The molecule has 1 fully saturated rings. The van der Waals surface area contributed by atoms with Gasteiger partial charge in [-0.1, -0.05) is 0 Å². The van der Waals surface area contributed by atoms with E-state index in [-0.39, 0.29) is 0 Å². The van der Waals surface area contributed by atoms with Gasteiger partial charge in [-0.15, -0.1) is 0 Å². The Hall–Kier alpha value is -1.59. The van der Waals surface area contributed by atoms with Crippen LogP contribution in [0.2, 0.25) is 0 Å². The van der Waals surface area contributed by atoms with Crippen LogP contribution in [0.5, 0.6) is 0 Å². The molecule has 1 aliphatic heterocycles. The summed E-state index contributed by atoms with van der Waals surface area (Å²) in [6, 6.07) is 6.62. The van der Waals surface area contributed by atoms with Crippen LogP contribution in [0.3, 0.4) is 0 Å². The molecule has 114 valence electrons. The molecule has 2 N–H and O–H groups in total. The monoisotopic (exact) mass is 288 g/mol. The predicted octanol–water partition coefficient (Wildman–Crippen LogP) is 1.86. The van der Waals surface area contributed by atoms with Gasteiger partial charge in [0.25, 0.3) is 0 Å². The molecule has 0 atom stereocenters. The quantitative estimate of drug-likeness (QED) is 0.912. The van der Waals surface area contributed by atoms with E-state index in [4.69, 9.17) is 10.5 Å². The predicted molar refractivity (Wildman–Crippen MR) is 85.6 cm³/mol. The van der Waals surface area contributed by atoms with Gasteiger partial charge in [0.15, 0.2) is 0 Å². The van der Waals surface area contributed by atoms with E-state index in [0.717, 1.165) is 26.2 Å². The first-order valence-corrected chi connectivity index (χ1v) is 7.71. The topological polar surface area (TPSA) is 56.3 Å². The van der Waals surface area contributed by atoms with Crippen LogP contribution >= 0.6 is 0 Å². The second kappa shape index (κ2) is 6.45. The number of nitrogens with zero attached hydrogens (tertiary/aromatic N) is 3. The van der Waals surface area contributed by atoms with Crippen molar-refractivity contribution >= 4 is 16.6 Å². The van der Waals surface area contributed by atoms with Gasteiger partial charge in [-0.25, -0.2) is 0 Å². The van der Waals surface area contributed by atoms with Crippen molar-refractivity contribution in [3.8, 4) is 0 Å². The van der Waals surface area contributed by atoms with Gasteiger partial charge in [0.1, 0.15) is 0 Å². The van der Waals surface area contributed by atoms with Crippen molar-refractivity contribution < 1.29 is 4.74 Å². The van der Waals surface area contributed by atoms with Crippen LogP contribution in [-0.4, -0.2) is 43.1 Å². The van der Waals surface area contributed by atoms with E-state index in [1.807, 2.05) is 10.9 Å². The Morgan fingerprint density at radius 1 is 1.33 bits per heavy atom. The maximum atomic E-state index is 5.77. The highest BCUT2D eigenvalue weighted by Gasteiger charge is 2.18. The first kappa shape index (κ1) is 14.4. The van der Waals surface area contributed by atoms with Gasteiger partial charge in [-0.2, -0.15) is 5.10 Å². The lowest BCUT2D eigenvalue weighted by Gasteiger charge is -2.33. The molecule has 0 unspecified atom stereocenters. The average Bonchev–Trinajstić information content (AvgIpc) is 2.95. The van der Waals surface area contributed by atoms with Crippen LogP contribution in [-0.2, 0) is 11.3 Å². The summed E-state index contributed by atoms with van der Waals surface area (Å²) in [5, 5.41) is 5.63. The normalized spacial score (nSPS) is 16.8. The number of hydrogen-bond donors (Lipinski definition) is 1. The van der Waals surface area contributed by atoms with Crippen molar-refractivity contribution in [1.82, 2.24) is 9.78 Å². The summed E-state index contributed by atoms with van der Waals surface area (Å²) in [5.41, 5.74) is 8.25. The zero-order valence-corrected chi connectivity index (χ0v) is 12.7. The van der Waals surface area contributed by atoms with Crippen molar-refractivity contribution in [2.75, 3.05) is 38.3 Å². The molecule has 21 heavy (non-hydrogen) atoms. The fourth-order valence-electron chi connectivity index (χ4n) is 3.04. The summed E-state index contributed by atoms with van der Waals surface area (Å²) in [4.78, 5) is 2.46. The Labute approximate surface area is 125 Å². The third-order valence-electron chi connectivity index (χ3n) is 4.45. The number of piperidine rings is 1. The molecule has 0 saturated carbocycles. The summed E-state index contributed by atoms with van der Waals surface area (Å²) >= 11 is 0. The molecule has 3 rings (SSSR count). The number of benzene rings is 1. The second-order valence-corrected chi connectivity index (χ2v) is 5.77. The SMILES string of the molecule is COCCn1ncc2ccc(N3CCC(CN)CC3)cc21. The highest BCUT2D eigenvalue weighted by Crippen LogP contribution is 2.26. The summed E-state index contributed by atoms with van der Waals surface area (Å²) in [5.74, 6) is 0.692. The molecule has 0 bridgehead atoms. The Morgan fingerprint density at radius 2 is 2.14 bits per heavy atom. The zero-order valence-electron chi connectivity index (χ0n) is 12.7. The van der Waals surface area contributed by atoms with Gasteiger partial charge in [-0.05, 0) is 43.5 Å². The van der Waals surface area contributed by atoms with Gasteiger partial charge in [0.2, 0.25) is 0 Å². The number of nitrogens with two attached hydrogens (primary N) is 1. The summed E-state index contributed by atoms with van der Waals surface area (Å²) in [6.45, 7) is 4.48. The fourth-order valence-corrected chi connectivity index (χ4v) is 3.04. The molecule has 2 heterocycles. The van der Waals surface area contributed by atoms with E-state index in [1.54, 1.807) is 7.11 Å². The Morgan fingerprint density at radius 3 is 2.86 bits per heavy atom. The molecule has 1 aromatic heterocycles. The third kappa shape index (κ3) is 3.04. The van der Waals surface area contributed by atoms with E-state index in [0.29, 0.717) is 12.5 Å². The van der Waals surface area contributed by atoms with Crippen LogP contribution < -0.4 is 10.6 Å². The molecule has 1 aromatic carbocycles. The van der Waals surface area contributed by atoms with E-state index in [9.17, 15) is 0 Å². The van der Waals surface area contributed by atoms with Crippen molar-refractivity contribution in [2.45, 2.75) is 19.4 Å². The lowest BCUT2D eigenvalue weighted by atomic mass is 9.97. The smallest absolute Gasteiger partial charge is 0.0704 e. The molecule has 0 radical (unpaired) electrons. The van der Waals surface area contributed by atoms with Crippen LogP contribution in [0.4, 0.5) is 5.69 Å². The van der Waals surface area contributed by atoms with Crippen molar-refractivity contribution in [3.63, 3.8) is 0 Å². The van der Waals surface area contributed by atoms with E-state index in [1.165, 1.54) is 29.4 Å². The minimum Gasteiger partial charge on any atom is -0.383 e. The maximum absolute atomic E-state index is 5.77. The van der Waals surface area contributed by atoms with E-state index < -0.39 is 0 Å². The minimum absolute atomic E-state index is 0.683. The molecule has 1 aliphatic rings. The van der Waals surface area contributed by atoms with Crippen LogP contribution in [0.1, 0.15) is 12.8 Å². The van der Waals surface area contributed by atoms with E-state index >= 15 is 0 Å². The minimum atomic E-state index is 0.683. The zero-order chi connectivity index (χ0) is 14.7. The lowest BCUT2D eigenvalue weighted by Crippen LogP contribution is -2.36.